The van der Waals surface area contributed by atoms with Crippen molar-refractivity contribution in [1.29, 1.82) is 0 Å². The van der Waals surface area contributed by atoms with Gasteiger partial charge in [0.25, 0.3) is 0 Å². The Labute approximate surface area is 98.9 Å². The minimum atomic E-state index is -0.977. The second-order valence-electron chi connectivity index (χ2n) is 3.90. The van der Waals surface area contributed by atoms with E-state index in [-0.39, 0.29) is 11.5 Å². The van der Waals surface area contributed by atoms with Crippen LogP contribution in [-0.4, -0.2) is 28.4 Å². The molecule has 1 aliphatic rings. The molecule has 1 aromatic carbocycles. The summed E-state index contributed by atoms with van der Waals surface area (Å²) in [5.74, 6) is -0.780. The molecule has 88 valence electrons. The van der Waals surface area contributed by atoms with Gasteiger partial charge in [0.2, 0.25) is 0 Å². The summed E-state index contributed by atoms with van der Waals surface area (Å²) in [7, 11) is 0. The number of benzene rings is 1. The number of hydrogen-bond donors (Lipinski definition) is 2. The van der Waals surface area contributed by atoms with Gasteiger partial charge in [0.05, 0.1) is 0 Å². The fourth-order valence-corrected chi connectivity index (χ4v) is 1.80. The highest BCUT2D eigenvalue weighted by atomic mass is 16.4. The van der Waals surface area contributed by atoms with Crippen molar-refractivity contribution in [3.63, 3.8) is 0 Å². The molecule has 0 aromatic heterocycles. The lowest BCUT2D eigenvalue weighted by Gasteiger charge is -2.12. The molecule has 0 radical (unpaired) electrons. The standard InChI is InChI=1S/C13H13NO3/c15-11-5-3-9(4-6-11)8-10-2-1-7-14-12(10)13(16)17/h3-6,8,15H,1-2,7H2,(H,16,17). The summed E-state index contributed by atoms with van der Waals surface area (Å²) in [6.07, 6.45) is 3.41. The first-order chi connectivity index (χ1) is 8.16. The molecule has 1 aromatic rings. The molecule has 0 spiro atoms. The van der Waals surface area contributed by atoms with E-state index >= 15 is 0 Å². The van der Waals surface area contributed by atoms with E-state index in [0.29, 0.717) is 6.54 Å². The molecule has 0 saturated heterocycles. The molecule has 17 heavy (non-hydrogen) atoms. The molecule has 0 atom stereocenters. The molecule has 0 aliphatic carbocycles. The third-order valence-electron chi connectivity index (χ3n) is 2.61. The first-order valence-corrected chi connectivity index (χ1v) is 5.44. The molecular formula is C13H13NO3. The van der Waals surface area contributed by atoms with E-state index in [0.717, 1.165) is 24.0 Å². The highest BCUT2D eigenvalue weighted by Crippen LogP contribution is 2.19. The molecule has 0 amide bonds. The lowest BCUT2D eigenvalue weighted by Crippen LogP contribution is -2.19. The number of carboxylic acid groups (broad SMARTS) is 1. The molecule has 0 fully saturated rings. The van der Waals surface area contributed by atoms with E-state index in [4.69, 9.17) is 10.2 Å². The Balaban J connectivity index is 2.31. The molecule has 2 rings (SSSR count). The predicted octanol–water partition coefficient (Wildman–Crippen LogP) is 2.09. The van der Waals surface area contributed by atoms with E-state index in [1.807, 2.05) is 6.08 Å². The van der Waals surface area contributed by atoms with Crippen molar-refractivity contribution in [2.45, 2.75) is 12.8 Å². The van der Waals surface area contributed by atoms with Gasteiger partial charge in [-0.1, -0.05) is 12.1 Å². The minimum Gasteiger partial charge on any atom is -0.508 e. The fraction of sp³-hybridized carbons (Fsp3) is 0.231. The van der Waals surface area contributed by atoms with Crippen molar-refractivity contribution in [1.82, 2.24) is 0 Å². The first kappa shape index (κ1) is 11.4. The largest absolute Gasteiger partial charge is 0.508 e. The van der Waals surface area contributed by atoms with Crippen LogP contribution >= 0.6 is 0 Å². The highest BCUT2D eigenvalue weighted by Gasteiger charge is 2.18. The number of hydrogen-bond acceptors (Lipinski definition) is 3. The maximum Gasteiger partial charge on any atom is 0.354 e. The van der Waals surface area contributed by atoms with E-state index in [1.165, 1.54) is 0 Å². The average Bonchev–Trinajstić information content (AvgIpc) is 2.32. The van der Waals surface area contributed by atoms with Crippen LogP contribution in [0.1, 0.15) is 18.4 Å². The summed E-state index contributed by atoms with van der Waals surface area (Å²) in [5, 5.41) is 18.2. The fourth-order valence-electron chi connectivity index (χ4n) is 1.80. The van der Waals surface area contributed by atoms with Crippen molar-refractivity contribution < 1.29 is 15.0 Å². The quantitative estimate of drug-likeness (QED) is 0.818. The van der Waals surface area contributed by atoms with Crippen molar-refractivity contribution in [3.8, 4) is 5.75 Å². The van der Waals surface area contributed by atoms with Crippen molar-refractivity contribution in [2.24, 2.45) is 4.99 Å². The van der Waals surface area contributed by atoms with Crippen molar-refractivity contribution >= 4 is 17.8 Å². The van der Waals surface area contributed by atoms with Gasteiger partial charge in [-0.05, 0) is 42.2 Å². The van der Waals surface area contributed by atoms with Crippen LogP contribution in [-0.2, 0) is 4.79 Å². The van der Waals surface area contributed by atoms with Crippen LogP contribution in [0.15, 0.2) is 34.8 Å². The number of rotatable bonds is 2. The molecule has 1 heterocycles. The molecule has 4 heteroatoms. The molecule has 0 saturated carbocycles. The smallest absolute Gasteiger partial charge is 0.354 e. The zero-order chi connectivity index (χ0) is 12.3. The lowest BCUT2D eigenvalue weighted by molar-refractivity contribution is -0.129. The predicted molar refractivity (Wildman–Crippen MR) is 65.3 cm³/mol. The summed E-state index contributed by atoms with van der Waals surface area (Å²) in [6, 6.07) is 6.65. The number of phenols is 1. The normalized spacial score (nSPS) is 17.9. The van der Waals surface area contributed by atoms with Gasteiger partial charge in [0.1, 0.15) is 11.5 Å². The Morgan fingerprint density at radius 1 is 1.29 bits per heavy atom. The molecule has 2 N–H and O–H groups in total. The number of aliphatic imine (C=N–C) groups is 1. The maximum atomic E-state index is 11.0. The Bertz CT molecular complexity index is 486. The average molecular weight is 231 g/mol. The minimum absolute atomic E-state index is 0.157. The Morgan fingerprint density at radius 3 is 2.65 bits per heavy atom. The topological polar surface area (TPSA) is 69.9 Å². The van der Waals surface area contributed by atoms with Gasteiger partial charge >= 0.3 is 5.97 Å². The summed E-state index contributed by atoms with van der Waals surface area (Å²) in [4.78, 5) is 15.0. The summed E-state index contributed by atoms with van der Waals surface area (Å²) < 4.78 is 0. The van der Waals surface area contributed by atoms with E-state index in [1.54, 1.807) is 24.3 Å². The number of carbonyl (C=O) groups is 1. The molecule has 1 aliphatic heterocycles. The number of carboxylic acids is 1. The van der Waals surface area contributed by atoms with Crippen LogP contribution in [0, 0.1) is 0 Å². The van der Waals surface area contributed by atoms with Crippen LogP contribution in [0.4, 0.5) is 0 Å². The zero-order valence-corrected chi connectivity index (χ0v) is 9.26. The maximum absolute atomic E-state index is 11.0. The van der Waals surface area contributed by atoms with Crippen molar-refractivity contribution in [2.75, 3.05) is 6.54 Å². The molecule has 0 bridgehead atoms. The van der Waals surface area contributed by atoms with Crippen LogP contribution < -0.4 is 0 Å². The summed E-state index contributed by atoms with van der Waals surface area (Å²) in [5.41, 5.74) is 1.77. The second kappa shape index (κ2) is 4.82. The van der Waals surface area contributed by atoms with E-state index in [2.05, 4.69) is 4.99 Å². The lowest BCUT2D eigenvalue weighted by atomic mass is 9.99. The number of phenolic OH excluding ortho intramolecular Hbond substituents is 1. The third kappa shape index (κ3) is 2.72. The Hall–Kier alpha value is -2.10. The van der Waals surface area contributed by atoms with Gasteiger partial charge in [-0.25, -0.2) is 4.79 Å². The monoisotopic (exact) mass is 231 g/mol. The van der Waals surface area contributed by atoms with E-state index < -0.39 is 5.97 Å². The SMILES string of the molecule is O=C(O)C1=NCCCC1=Cc1ccc(O)cc1. The zero-order valence-electron chi connectivity index (χ0n) is 9.26. The number of aromatic hydroxyl groups is 1. The van der Waals surface area contributed by atoms with Crippen LogP contribution in [0.3, 0.4) is 0 Å². The van der Waals surface area contributed by atoms with Crippen molar-refractivity contribution in [3.05, 3.63) is 35.4 Å². The van der Waals surface area contributed by atoms with Gasteiger partial charge < -0.3 is 10.2 Å². The molecular weight excluding hydrogens is 218 g/mol. The molecule has 4 nitrogen and oxygen atoms in total. The summed E-state index contributed by atoms with van der Waals surface area (Å²) >= 11 is 0. The van der Waals surface area contributed by atoms with Crippen LogP contribution in [0.25, 0.3) is 6.08 Å². The first-order valence-electron chi connectivity index (χ1n) is 5.44. The van der Waals surface area contributed by atoms with Gasteiger partial charge in [0, 0.05) is 6.54 Å². The molecule has 0 unspecified atom stereocenters. The van der Waals surface area contributed by atoms with Gasteiger partial charge in [-0.2, -0.15) is 0 Å². The second-order valence-corrected chi connectivity index (χ2v) is 3.90. The van der Waals surface area contributed by atoms with Gasteiger partial charge in [0.15, 0.2) is 0 Å². The van der Waals surface area contributed by atoms with Crippen LogP contribution in [0.5, 0.6) is 5.75 Å². The van der Waals surface area contributed by atoms with E-state index in [9.17, 15) is 4.79 Å². The highest BCUT2D eigenvalue weighted by molar-refractivity contribution is 6.43. The number of nitrogens with zero attached hydrogens (tertiary/aromatic N) is 1. The van der Waals surface area contributed by atoms with Gasteiger partial charge in [-0.3, -0.25) is 4.99 Å². The summed E-state index contributed by atoms with van der Waals surface area (Å²) in [6.45, 7) is 0.578. The van der Waals surface area contributed by atoms with Crippen LogP contribution in [0.2, 0.25) is 0 Å². The Morgan fingerprint density at radius 2 is 2.00 bits per heavy atom. The third-order valence-corrected chi connectivity index (χ3v) is 2.61. The Kier molecular flexibility index (Phi) is 3.23. The van der Waals surface area contributed by atoms with Gasteiger partial charge in [-0.15, -0.1) is 0 Å². The number of aliphatic carboxylic acids is 1.